The molecule has 0 aliphatic carbocycles. The zero-order valence-electron chi connectivity index (χ0n) is 20.0. The molecular weight excluding hydrogens is 436 g/mol. The fourth-order valence-electron chi connectivity index (χ4n) is 4.29. The minimum Gasteiger partial charge on any atom is -0.459 e. The standard InChI is InChI=1S/C25H30N4O5/c1-24(2,3)17-7-9-18(10-8-17)25(4)22(32)29(23(33)26-25)16-20(30)27-11-13-28(14-12-27)21(31)19-6-5-15-34-19/h5-10,15H,11-14,16H2,1-4H3,(H,26,33). The highest BCUT2D eigenvalue weighted by Gasteiger charge is 2.49. The normalized spacial score (nSPS) is 21.1. The molecule has 2 aromatic rings. The van der Waals surface area contributed by atoms with Crippen LogP contribution in [0.2, 0.25) is 0 Å². The second-order valence-corrected chi connectivity index (χ2v) is 9.92. The minimum absolute atomic E-state index is 0.0343. The lowest BCUT2D eigenvalue weighted by molar-refractivity contribution is -0.139. The third kappa shape index (κ3) is 4.30. The molecule has 0 bridgehead atoms. The molecule has 1 atom stereocenters. The van der Waals surface area contributed by atoms with Crippen LogP contribution < -0.4 is 5.32 Å². The summed E-state index contributed by atoms with van der Waals surface area (Å²) in [6.45, 7) is 8.97. The van der Waals surface area contributed by atoms with Gasteiger partial charge in [0.15, 0.2) is 5.76 Å². The highest BCUT2D eigenvalue weighted by atomic mass is 16.3. The number of furan rings is 1. The lowest BCUT2D eigenvalue weighted by atomic mass is 9.84. The molecule has 4 rings (SSSR count). The number of nitrogens with zero attached hydrogens (tertiary/aromatic N) is 3. The molecule has 180 valence electrons. The van der Waals surface area contributed by atoms with E-state index in [1.807, 2.05) is 24.3 Å². The Morgan fingerprint density at radius 1 is 1.00 bits per heavy atom. The molecule has 3 heterocycles. The third-order valence-electron chi connectivity index (χ3n) is 6.55. The molecule has 9 heteroatoms. The number of urea groups is 1. The Balaban J connectivity index is 1.39. The van der Waals surface area contributed by atoms with Gasteiger partial charge in [0, 0.05) is 26.2 Å². The van der Waals surface area contributed by atoms with Crippen molar-refractivity contribution in [3.05, 3.63) is 59.5 Å². The van der Waals surface area contributed by atoms with Gasteiger partial charge in [0.2, 0.25) is 5.91 Å². The highest BCUT2D eigenvalue weighted by molar-refractivity contribution is 6.09. The van der Waals surface area contributed by atoms with Gasteiger partial charge >= 0.3 is 6.03 Å². The Morgan fingerprint density at radius 3 is 2.18 bits per heavy atom. The van der Waals surface area contributed by atoms with Crippen molar-refractivity contribution in [3.8, 4) is 0 Å². The van der Waals surface area contributed by atoms with Gasteiger partial charge in [-0.3, -0.25) is 19.3 Å². The first kappa shape index (κ1) is 23.5. The molecule has 2 saturated heterocycles. The summed E-state index contributed by atoms with van der Waals surface area (Å²) < 4.78 is 5.15. The number of hydrogen-bond acceptors (Lipinski definition) is 5. The maximum atomic E-state index is 13.2. The van der Waals surface area contributed by atoms with Crippen molar-refractivity contribution in [3.63, 3.8) is 0 Å². The highest BCUT2D eigenvalue weighted by Crippen LogP contribution is 2.31. The first-order chi connectivity index (χ1) is 16.0. The van der Waals surface area contributed by atoms with Crippen LogP contribution in [0, 0.1) is 0 Å². The Hall–Kier alpha value is -3.62. The number of carbonyl (C=O) groups is 4. The van der Waals surface area contributed by atoms with Gasteiger partial charge in [-0.05, 0) is 35.6 Å². The van der Waals surface area contributed by atoms with E-state index in [0.717, 1.165) is 10.5 Å². The van der Waals surface area contributed by atoms with E-state index in [9.17, 15) is 19.2 Å². The van der Waals surface area contributed by atoms with Gasteiger partial charge in [-0.2, -0.15) is 0 Å². The van der Waals surface area contributed by atoms with E-state index in [4.69, 9.17) is 4.42 Å². The van der Waals surface area contributed by atoms with Gasteiger partial charge in [0.25, 0.3) is 11.8 Å². The number of rotatable bonds is 4. The van der Waals surface area contributed by atoms with E-state index in [2.05, 4.69) is 26.1 Å². The first-order valence-electron chi connectivity index (χ1n) is 11.4. The van der Waals surface area contributed by atoms with Crippen molar-refractivity contribution < 1.29 is 23.6 Å². The number of benzene rings is 1. The van der Waals surface area contributed by atoms with Gasteiger partial charge < -0.3 is 19.5 Å². The van der Waals surface area contributed by atoms with Crippen molar-refractivity contribution >= 4 is 23.8 Å². The van der Waals surface area contributed by atoms with Crippen LogP contribution >= 0.6 is 0 Å². The van der Waals surface area contributed by atoms with E-state index in [0.29, 0.717) is 31.7 Å². The molecule has 2 aliphatic rings. The van der Waals surface area contributed by atoms with Crippen molar-refractivity contribution in [1.82, 2.24) is 20.0 Å². The zero-order chi connectivity index (χ0) is 24.7. The van der Waals surface area contributed by atoms with Crippen molar-refractivity contribution in [2.45, 2.75) is 38.6 Å². The molecule has 34 heavy (non-hydrogen) atoms. The summed E-state index contributed by atoms with van der Waals surface area (Å²) in [6.07, 6.45) is 1.44. The van der Waals surface area contributed by atoms with Crippen LogP contribution in [0.5, 0.6) is 0 Å². The van der Waals surface area contributed by atoms with Crippen molar-refractivity contribution in [2.75, 3.05) is 32.7 Å². The molecule has 9 nitrogen and oxygen atoms in total. The van der Waals surface area contributed by atoms with Crippen LogP contribution in [0.25, 0.3) is 0 Å². The molecule has 1 unspecified atom stereocenters. The maximum Gasteiger partial charge on any atom is 0.325 e. The largest absolute Gasteiger partial charge is 0.459 e. The molecule has 0 spiro atoms. The number of nitrogens with one attached hydrogen (secondary N) is 1. The monoisotopic (exact) mass is 466 g/mol. The molecule has 1 N–H and O–H groups in total. The average molecular weight is 467 g/mol. The summed E-state index contributed by atoms with van der Waals surface area (Å²) in [6, 6.07) is 10.3. The molecule has 1 aromatic heterocycles. The van der Waals surface area contributed by atoms with E-state index in [1.54, 1.807) is 28.9 Å². The van der Waals surface area contributed by atoms with E-state index < -0.39 is 17.5 Å². The number of imide groups is 1. The maximum absolute atomic E-state index is 13.2. The SMILES string of the molecule is CC(C)(C)c1ccc(C2(C)NC(=O)N(CC(=O)N3CCN(C(=O)c4ccco4)CC3)C2=O)cc1. The lowest BCUT2D eigenvalue weighted by Gasteiger charge is -2.34. The molecule has 0 radical (unpaired) electrons. The van der Waals surface area contributed by atoms with Crippen molar-refractivity contribution in [2.24, 2.45) is 0 Å². The minimum atomic E-state index is -1.23. The number of carbonyl (C=O) groups excluding carboxylic acids is 4. The molecular formula is C25H30N4O5. The van der Waals surface area contributed by atoms with Crippen LogP contribution in [-0.2, 0) is 20.5 Å². The number of hydrogen-bond donors (Lipinski definition) is 1. The van der Waals surface area contributed by atoms with E-state index in [1.165, 1.54) is 6.26 Å². The smallest absolute Gasteiger partial charge is 0.325 e. The lowest BCUT2D eigenvalue weighted by Crippen LogP contribution is -2.53. The summed E-state index contributed by atoms with van der Waals surface area (Å²) >= 11 is 0. The van der Waals surface area contributed by atoms with Gasteiger partial charge in [0.05, 0.1) is 6.26 Å². The zero-order valence-corrected chi connectivity index (χ0v) is 20.0. The van der Waals surface area contributed by atoms with Crippen LogP contribution in [0.4, 0.5) is 4.79 Å². The summed E-state index contributed by atoms with van der Waals surface area (Å²) in [7, 11) is 0. The molecule has 1 aromatic carbocycles. The fourth-order valence-corrected chi connectivity index (χ4v) is 4.29. The van der Waals surface area contributed by atoms with E-state index >= 15 is 0 Å². The predicted octanol–water partition coefficient (Wildman–Crippen LogP) is 2.33. The Kier molecular flexibility index (Phi) is 5.97. The molecule has 0 saturated carbocycles. The van der Waals surface area contributed by atoms with Crippen molar-refractivity contribution in [1.29, 1.82) is 0 Å². The summed E-state index contributed by atoms with van der Waals surface area (Å²) in [5.41, 5.74) is 0.516. The van der Waals surface area contributed by atoms with Gasteiger partial charge in [-0.25, -0.2) is 4.79 Å². The Labute approximate surface area is 198 Å². The Morgan fingerprint density at radius 2 is 1.62 bits per heavy atom. The summed E-state index contributed by atoms with van der Waals surface area (Å²) in [5.74, 6) is -0.754. The van der Waals surface area contributed by atoms with Crippen LogP contribution in [0.1, 0.15) is 49.4 Å². The number of amides is 5. The fraction of sp³-hybridized carbons (Fsp3) is 0.440. The van der Waals surface area contributed by atoms with Crippen LogP contribution in [0.15, 0.2) is 47.1 Å². The average Bonchev–Trinajstić information content (AvgIpc) is 3.42. The van der Waals surface area contributed by atoms with E-state index in [-0.39, 0.29) is 29.5 Å². The van der Waals surface area contributed by atoms with Gasteiger partial charge in [-0.1, -0.05) is 45.0 Å². The molecule has 5 amide bonds. The van der Waals surface area contributed by atoms with Crippen LogP contribution in [-0.4, -0.2) is 71.2 Å². The van der Waals surface area contributed by atoms with Crippen LogP contribution in [0.3, 0.4) is 0 Å². The van der Waals surface area contributed by atoms with Gasteiger partial charge in [-0.15, -0.1) is 0 Å². The quantitative estimate of drug-likeness (QED) is 0.697. The second kappa shape index (κ2) is 8.62. The Bertz CT molecular complexity index is 1100. The second-order valence-electron chi connectivity index (χ2n) is 9.92. The summed E-state index contributed by atoms with van der Waals surface area (Å²) in [4.78, 5) is 55.3. The molecule has 2 aliphatic heterocycles. The number of piperazine rings is 1. The predicted molar refractivity (Wildman–Crippen MR) is 124 cm³/mol. The molecule has 2 fully saturated rings. The third-order valence-corrected chi connectivity index (χ3v) is 6.55. The first-order valence-corrected chi connectivity index (χ1v) is 11.4. The summed E-state index contributed by atoms with van der Waals surface area (Å²) in [5, 5.41) is 2.75. The van der Waals surface area contributed by atoms with Gasteiger partial charge in [0.1, 0.15) is 12.1 Å². The topological polar surface area (TPSA) is 103 Å².